The molecule has 198 valence electrons. The number of nitrogen functional groups attached to an aromatic ring is 1. The summed E-state index contributed by atoms with van der Waals surface area (Å²) in [6.45, 7) is 2.04. The fourth-order valence-electron chi connectivity index (χ4n) is 4.12. The number of pyridine rings is 1. The molecule has 0 aliphatic carbocycles. The van der Waals surface area contributed by atoms with E-state index in [1.807, 2.05) is 30.3 Å². The lowest BCUT2D eigenvalue weighted by Crippen LogP contribution is -2.46. The number of carbonyl (C=O) groups excluding carboxylic acids is 3. The average molecular weight is 539 g/mol. The van der Waals surface area contributed by atoms with Gasteiger partial charge in [-0.15, -0.1) is 0 Å². The van der Waals surface area contributed by atoms with Crippen LogP contribution in [-0.2, 0) is 25.5 Å². The molecule has 2 amide bonds. The van der Waals surface area contributed by atoms with Crippen LogP contribution in [0.25, 0.3) is 0 Å². The Hall–Kier alpha value is -4.15. The molecule has 4 rings (SSSR count). The summed E-state index contributed by atoms with van der Waals surface area (Å²) < 4.78 is 11.8. The van der Waals surface area contributed by atoms with Crippen molar-refractivity contribution in [2.45, 2.75) is 38.1 Å². The number of nitrogens with two attached hydrogens (primary N) is 1. The summed E-state index contributed by atoms with van der Waals surface area (Å²) in [5.74, 6) is -1.55. The molecule has 4 N–H and O–H groups in total. The van der Waals surface area contributed by atoms with E-state index in [0.717, 1.165) is 5.56 Å². The van der Waals surface area contributed by atoms with Gasteiger partial charge in [0.1, 0.15) is 17.8 Å². The number of esters is 1. The molecule has 3 aromatic rings. The molecule has 0 radical (unpaired) electrons. The highest BCUT2D eigenvalue weighted by Gasteiger charge is 2.38. The SMILES string of the molecule is CCO[C@H]1OC(=O)C[C@@H]1NC(=O)[C@H](Cc1ccccc1)n1cccc(NC(=O)c2ccc(N)c(Cl)c2)c1=O. The number of benzene rings is 2. The third-order valence-corrected chi connectivity index (χ3v) is 6.34. The minimum absolute atomic E-state index is 0.0251. The fourth-order valence-corrected chi connectivity index (χ4v) is 4.30. The molecule has 0 unspecified atom stereocenters. The van der Waals surface area contributed by atoms with E-state index in [-0.39, 0.29) is 35.7 Å². The van der Waals surface area contributed by atoms with E-state index >= 15 is 0 Å². The number of hydrogen-bond donors (Lipinski definition) is 3. The Balaban J connectivity index is 1.63. The maximum absolute atomic E-state index is 13.5. The largest absolute Gasteiger partial charge is 0.433 e. The van der Waals surface area contributed by atoms with Crippen LogP contribution >= 0.6 is 11.6 Å². The summed E-state index contributed by atoms with van der Waals surface area (Å²) in [5, 5.41) is 5.60. The van der Waals surface area contributed by atoms with Gasteiger partial charge in [-0.3, -0.25) is 19.2 Å². The van der Waals surface area contributed by atoms with Crippen LogP contribution in [0.1, 0.15) is 35.3 Å². The summed E-state index contributed by atoms with van der Waals surface area (Å²) >= 11 is 6.03. The summed E-state index contributed by atoms with van der Waals surface area (Å²) in [7, 11) is 0. The predicted molar refractivity (Wildman–Crippen MR) is 142 cm³/mol. The Bertz CT molecular complexity index is 1390. The molecular formula is C27H27ClN4O6. The van der Waals surface area contributed by atoms with Gasteiger partial charge in [0, 0.05) is 24.8 Å². The van der Waals surface area contributed by atoms with Crippen LogP contribution in [0.4, 0.5) is 11.4 Å². The number of nitrogens with one attached hydrogen (secondary N) is 2. The van der Waals surface area contributed by atoms with E-state index in [9.17, 15) is 19.2 Å². The second kappa shape index (κ2) is 11.9. The predicted octanol–water partition coefficient (Wildman–Crippen LogP) is 2.91. The van der Waals surface area contributed by atoms with Crippen molar-refractivity contribution in [1.82, 2.24) is 9.88 Å². The van der Waals surface area contributed by atoms with Crippen molar-refractivity contribution in [2.75, 3.05) is 17.7 Å². The van der Waals surface area contributed by atoms with Crippen molar-refractivity contribution in [2.24, 2.45) is 0 Å². The lowest BCUT2D eigenvalue weighted by Gasteiger charge is -2.24. The van der Waals surface area contributed by atoms with Crippen LogP contribution in [-0.4, -0.2) is 41.3 Å². The number of cyclic esters (lactones) is 1. The number of anilines is 2. The maximum atomic E-state index is 13.5. The Morgan fingerprint density at radius 2 is 1.92 bits per heavy atom. The van der Waals surface area contributed by atoms with Crippen molar-refractivity contribution in [3.05, 3.63) is 93.4 Å². The van der Waals surface area contributed by atoms with Gasteiger partial charge in [-0.2, -0.15) is 0 Å². The molecule has 2 heterocycles. The van der Waals surface area contributed by atoms with Crippen LogP contribution < -0.4 is 21.9 Å². The van der Waals surface area contributed by atoms with E-state index in [1.165, 1.54) is 35.0 Å². The normalized spacial score (nSPS) is 17.5. The van der Waals surface area contributed by atoms with Crippen LogP contribution in [0.3, 0.4) is 0 Å². The molecule has 3 atom stereocenters. The van der Waals surface area contributed by atoms with Gasteiger partial charge in [-0.05, 0) is 42.8 Å². The minimum atomic E-state index is -0.995. The molecular weight excluding hydrogens is 512 g/mol. The maximum Gasteiger partial charge on any atom is 0.310 e. The molecule has 0 saturated carbocycles. The highest BCUT2D eigenvalue weighted by molar-refractivity contribution is 6.33. The van der Waals surface area contributed by atoms with Crippen LogP contribution in [0, 0.1) is 0 Å². The Morgan fingerprint density at radius 1 is 1.16 bits per heavy atom. The zero-order valence-electron chi connectivity index (χ0n) is 20.6. The lowest BCUT2D eigenvalue weighted by atomic mass is 10.0. The van der Waals surface area contributed by atoms with Gasteiger partial charge in [0.2, 0.25) is 12.2 Å². The fraction of sp³-hybridized carbons (Fsp3) is 0.259. The van der Waals surface area contributed by atoms with Crippen LogP contribution in [0.15, 0.2) is 71.7 Å². The van der Waals surface area contributed by atoms with Crippen molar-refractivity contribution in [1.29, 1.82) is 0 Å². The third kappa shape index (κ3) is 6.21. The topological polar surface area (TPSA) is 142 Å². The van der Waals surface area contributed by atoms with Gasteiger partial charge in [0.15, 0.2) is 0 Å². The Morgan fingerprint density at radius 3 is 2.63 bits per heavy atom. The zero-order chi connectivity index (χ0) is 27.2. The van der Waals surface area contributed by atoms with Gasteiger partial charge < -0.3 is 30.4 Å². The second-order valence-corrected chi connectivity index (χ2v) is 9.07. The summed E-state index contributed by atoms with van der Waals surface area (Å²) in [5.41, 5.74) is 6.45. The van der Waals surface area contributed by atoms with Crippen molar-refractivity contribution in [3.8, 4) is 0 Å². The molecule has 10 nitrogen and oxygen atoms in total. The molecule has 0 bridgehead atoms. The van der Waals surface area contributed by atoms with Crippen LogP contribution in [0.5, 0.6) is 0 Å². The van der Waals surface area contributed by atoms with Crippen molar-refractivity contribution < 1.29 is 23.9 Å². The van der Waals surface area contributed by atoms with E-state index < -0.39 is 41.7 Å². The first-order chi connectivity index (χ1) is 18.3. The number of halogens is 1. The van der Waals surface area contributed by atoms with Crippen molar-refractivity contribution in [3.63, 3.8) is 0 Å². The second-order valence-electron chi connectivity index (χ2n) is 8.66. The quantitative estimate of drug-likeness (QED) is 0.281. The highest BCUT2D eigenvalue weighted by atomic mass is 35.5. The molecule has 11 heteroatoms. The number of amides is 2. The van der Waals surface area contributed by atoms with Gasteiger partial charge in [-0.25, -0.2) is 0 Å². The number of hydrogen-bond acceptors (Lipinski definition) is 7. The first-order valence-corrected chi connectivity index (χ1v) is 12.4. The number of rotatable bonds is 9. The summed E-state index contributed by atoms with van der Waals surface area (Å²) in [6.07, 6.45) is 0.687. The highest BCUT2D eigenvalue weighted by Crippen LogP contribution is 2.22. The first-order valence-electron chi connectivity index (χ1n) is 12.0. The number of aromatic nitrogens is 1. The average Bonchev–Trinajstić information content (AvgIpc) is 3.24. The molecule has 38 heavy (non-hydrogen) atoms. The lowest BCUT2D eigenvalue weighted by molar-refractivity contribution is -0.164. The van der Waals surface area contributed by atoms with Gasteiger partial charge >= 0.3 is 5.97 Å². The molecule has 1 aromatic heterocycles. The molecule has 1 aliphatic heterocycles. The molecule has 1 saturated heterocycles. The standard InChI is InChI=1S/C27H27ClN4O6/c1-2-37-27-21(15-23(33)38-27)31-25(35)22(13-16-7-4-3-5-8-16)32-12-6-9-20(26(32)36)30-24(34)17-10-11-19(29)18(28)14-17/h3-12,14,21-22,27H,2,13,15,29H2,1H3,(H,30,34)(H,31,35)/t21-,22-,27-/m0/s1. The first kappa shape index (κ1) is 26.9. The number of carbonyl (C=O) groups is 3. The van der Waals surface area contributed by atoms with Gasteiger partial charge in [0.05, 0.1) is 17.1 Å². The smallest absolute Gasteiger partial charge is 0.310 e. The minimum Gasteiger partial charge on any atom is -0.433 e. The Labute approximate surface area is 223 Å². The van der Waals surface area contributed by atoms with E-state index in [2.05, 4.69) is 10.6 Å². The molecule has 1 aliphatic rings. The van der Waals surface area contributed by atoms with Crippen molar-refractivity contribution >= 4 is 40.8 Å². The van der Waals surface area contributed by atoms with E-state index in [0.29, 0.717) is 5.69 Å². The number of nitrogens with zero attached hydrogens (tertiary/aromatic N) is 1. The molecule has 0 spiro atoms. The van der Waals surface area contributed by atoms with Gasteiger partial charge in [0.25, 0.3) is 11.5 Å². The molecule has 1 fully saturated rings. The number of ether oxygens (including phenoxy) is 2. The van der Waals surface area contributed by atoms with E-state index in [1.54, 1.807) is 13.0 Å². The van der Waals surface area contributed by atoms with Gasteiger partial charge in [-0.1, -0.05) is 41.9 Å². The third-order valence-electron chi connectivity index (χ3n) is 6.02. The molecule has 2 aromatic carbocycles. The Kier molecular flexibility index (Phi) is 8.45. The van der Waals surface area contributed by atoms with Crippen LogP contribution in [0.2, 0.25) is 5.02 Å². The monoisotopic (exact) mass is 538 g/mol. The van der Waals surface area contributed by atoms with E-state index in [4.69, 9.17) is 26.8 Å². The summed E-state index contributed by atoms with van der Waals surface area (Å²) in [4.78, 5) is 51.6. The zero-order valence-corrected chi connectivity index (χ0v) is 21.3. The summed E-state index contributed by atoms with van der Waals surface area (Å²) in [6, 6.07) is 14.9.